The lowest BCUT2D eigenvalue weighted by molar-refractivity contribution is -0.166. The Morgan fingerprint density at radius 3 is 1.94 bits per heavy atom. The number of unbranched alkanes of at least 4 members (excludes halogenated alkanes) is 9. The van der Waals surface area contributed by atoms with Gasteiger partial charge in [0.15, 0.2) is 0 Å². The summed E-state index contributed by atoms with van der Waals surface area (Å²) in [6.07, 6.45) is 23.8. The van der Waals surface area contributed by atoms with Crippen molar-refractivity contribution in [1.82, 2.24) is 25.3 Å². The molecule has 2 aromatic heterocycles. The maximum atomic E-state index is 12.6. The number of rotatable bonds is 21. The molecule has 5 aromatic rings. The average Bonchev–Trinajstić information content (AvgIpc) is 4.12. The van der Waals surface area contributed by atoms with Crippen LogP contribution in [0.15, 0.2) is 109 Å². The molecule has 338 valence electrons. The minimum Gasteiger partial charge on any atom is -0.463 e. The largest absolute Gasteiger partial charge is 0.463 e. The number of aromatic amines is 2. The molecule has 0 saturated heterocycles. The molecule has 64 heavy (non-hydrogen) atoms. The van der Waals surface area contributed by atoms with E-state index in [0.717, 1.165) is 57.6 Å². The molecule has 6 rings (SSSR count). The zero-order valence-corrected chi connectivity index (χ0v) is 38.0. The highest BCUT2D eigenvalue weighted by atomic mass is 16.7. The lowest BCUT2D eigenvalue weighted by Gasteiger charge is -2.20. The van der Waals surface area contributed by atoms with Crippen LogP contribution >= 0.6 is 0 Å². The standard InChI is InChI=1S/C49H60N4O6.C3H4N2/c1-6-8-9-10-11-12-13-14-15-16-33-50-43(54)31-21-35-17-23-38(24-18-35)45-46(52-47(51-45)40-25-19-36(20-26-40)22-32-44(55)57-7-2)39-29-27-37(28-30-39)41-34-42(59-53-41)48(56)58-49(3,4)5;1-2-5-3-4-1/h17-32,42H,6-16,33-34H2,1-5H3,(H,50,54)(H,51,52);1-3H,(H,4,5)/b31-21+,32-22+;. The quantitative estimate of drug-likeness (QED) is 0.0373. The number of nitrogens with one attached hydrogen (secondary N) is 3. The van der Waals surface area contributed by atoms with Crippen molar-refractivity contribution in [2.24, 2.45) is 5.16 Å². The second-order valence-electron chi connectivity index (χ2n) is 16.7. The lowest BCUT2D eigenvalue weighted by atomic mass is 10.00. The van der Waals surface area contributed by atoms with Crippen LogP contribution in [0.25, 0.3) is 46.1 Å². The minimum atomic E-state index is -0.780. The second-order valence-corrected chi connectivity index (χ2v) is 16.7. The number of imidazole rings is 2. The van der Waals surface area contributed by atoms with Crippen LogP contribution in [0.4, 0.5) is 0 Å². The fourth-order valence-electron chi connectivity index (χ4n) is 6.93. The van der Waals surface area contributed by atoms with Gasteiger partial charge in [0.25, 0.3) is 0 Å². The second kappa shape index (κ2) is 25.5. The Hall–Kier alpha value is -6.56. The third-order valence-corrected chi connectivity index (χ3v) is 10.3. The molecule has 12 heteroatoms. The molecule has 3 aromatic carbocycles. The van der Waals surface area contributed by atoms with Crippen LogP contribution in [0, 0.1) is 0 Å². The number of hydrogen-bond acceptors (Lipinski definition) is 9. The van der Waals surface area contributed by atoms with Crippen LogP contribution in [0.5, 0.6) is 0 Å². The van der Waals surface area contributed by atoms with Crippen molar-refractivity contribution >= 4 is 35.7 Å². The first kappa shape index (κ1) is 48.5. The zero-order valence-electron chi connectivity index (χ0n) is 38.0. The van der Waals surface area contributed by atoms with E-state index in [1.165, 1.54) is 57.4 Å². The first-order valence-corrected chi connectivity index (χ1v) is 22.6. The zero-order chi connectivity index (χ0) is 45.6. The maximum absolute atomic E-state index is 12.6. The van der Waals surface area contributed by atoms with Gasteiger partial charge in [-0.3, -0.25) is 4.79 Å². The van der Waals surface area contributed by atoms with Gasteiger partial charge >= 0.3 is 11.9 Å². The SMILES string of the molecule is CCCCCCCCCCCCNC(=O)/C=C/c1ccc(-c2[nH]c(-c3ccc(/C=C/C(=O)OCC)cc3)nc2-c2ccc(C3=NOC(C(=O)OC(C)(C)C)C3)cc2)cc1.c1c[nH]cn1. The molecule has 0 aliphatic carbocycles. The average molecular weight is 869 g/mol. The fraction of sp³-hybridized carbons (Fsp3) is 0.385. The van der Waals surface area contributed by atoms with Gasteiger partial charge in [-0.2, -0.15) is 0 Å². The predicted octanol–water partition coefficient (Wildman–Crippen LogP) is 11.3. The van der Waals surface area contributed by atoms with E-state index in [9.17, 15) is 14.4 Å². The Morgan fingerprint density at radius 2 is 1.36 bits per heavy atom. The van der Waals surface area contributed by atoms with Crippen molar-refractivity contribution in [2.45, 2.75) is 117 Å². The Balaban J connectivity index is 0.00000144. The van der Waals surface area contributed by atoms with Gasteiger partial charge in [0, 0.05) is 54.2 Å². The number of benzene rings is 3. The van der Waals surface area contributed by atoms with E-state index in [2.05, 4.69) is 32.3 Å². The predicted molar refractivity (Wildman–Crippen MR) is 255 cm³/mol. The van der Waals surface area contributed by atoms with Crippen molar-refractivity contribution in [1.29, 1.82) is 0 Å². The van der Waals surface area contributed by atoms with E-state index >= 15 is 0 Å². The van der Waals surface area contributed by atoms with Gasteiger partial charge in [-0.05, 0) is 63.0 Å². The van der Waals surface area contributed by atoms with Gasteiger partial charge in [0.2, 0.25) is 12.0 Å². The summed E-state index contributed by atoms with van der Waals surface area (Å²) in [5.74, 6) is -0.236. The topological polar surface area (TPSA) is 161 Å². The van der Waals surface area contributed by atoms with E-state index < -0.39 is 17.7 Å². The Labute approximate surface area is 378 Å². The fourth-order valence-corrected chi connectivity index (χ4v) is 6.93. The summed E-state index contributed by atoms with van der Waals surface area (Å²) in [6.45, 7) is 10.5. The summed E-state index contributed by atoms with van der Waals surface area (Å²) in [5, 5.41) is 7.21. The number of ether oxygens (including phenoxy) is 2. The first-order chi connectivity index (χ1) is 31.0. The van der Waals surface area contributed by atoms with Crippen LogP contribution in [0.2, 0.25) is 0 Å². The van der Waals surface area contributed by atoms with Gasteiger partial charge in [0.05, 0.1) is 30.0 Å². The number of oxime groups is 1. The van der Waals surface area contributed by atoms with Crippen molar-refractivity contribution in [2.75, 3.05) is 13.2 Å². The number of hydrogen-bond donors (Lipinski definition) is 3. The van der Waals surface area contributed by atoms with Crippen molar-refractivity contribution in [3.63, 3.8) is 0 Å². The lowest BCUT2D eigenvalue weighted by Crippen LogP contribution is -2.32. The number of amides is 1. The van der Waals surface area contributed by atoms with Crippen molar-refractivity contribution in [3.8, 4) is 33.9 Å². The van der Waals surface area contributed by atoms with Gasteiger partial charge in [0.1, 0.15) is 11.4 Å². The third-order valence-electron chi connectivity index (χ3n) is 10.3. The number of esters is 2. The normalized spacial score (nSPS) is 13.6. The highest BCUT2D eigenvalue weighted by molar-refractivity contribution is 6.04. The van der Waals surface area contributed by atoms with Crippen LogP contribution in [-0.2, 0) is 28.7 Å². The Morgan fingerprint density at radius 1 is 0.766 bits per heavy atom. The minimum absolute atomic E-state index is 0.0909. The van der Waals surface area contributed by atoms with Crippen LogP contribution in [0.3, 0.4) is 0 Å². The molecule has 0 radical (unpaired) electrons. The molecular weight excluding hydrogens is 805 g/mol. The van der Waals surface area contributed by atoms with E-state index in [1.54, 1.807) is 37.8 Å². The molecule has 0 fully saturated rings. The number of nitrogens with zero attached hydrogens (tertiary/aromatic N) is 3. The monoisotopic (exact) mass is 868 g/mol. The van der Waals surface area contributed by atoms with E-state index in [-0.39, 0.29) is 11.9 Å². The van der Waals surface area contributed by atoms with Gasteiger partial charge in [-0.25, -0.2) is 19.6 Å². The molecule has 0 bridgehead atoms. The first-order valence-electron chi connectivity index (χ1n) is 22.6. The molecular formula is C52H64N6O6. The molecule has 1 aliphatic heterocycles. The number of carbonyl (C=O) groups is 3. The third kappa shape index (κ3) is 16.3. The van der Waals surface area contributed by atoms with Crippen LogP contribution < -0.4 is 5.32 Å². The van der Waals surface area contributed by atoms with Crippen LogP contribution in [-0.4, -0.2) is 68.4 Å². The Bertz CT molecular complexity index is 2250. The van der Waals surface area contributed by atoms with Gasteiger partial charge in [-0.1, -0.05) is 143 Å². The molecule has 1 unspecified atom stereocenters. The number of carbonyl (C=O) groups excluding carboxylic acids is 3. The Kier molecular flexibility index (Phi) is 19.3. The van der Waals surface area contributed by atoms with E-state index in [1.807, 2.05) is 99.6 Å². The molecule has 0 spiro atoms. The molecule has 3 N–H and O–H groups in total. The summed E-state index contributed by atoms with van der Waals surface area (Å²) >= 11 is 0. The highest BCUT2D eigenvalue weighted by Crippen LogP contribution is 2.34. The molecule has 1 atom stereocenters. The summed E-state index contributed by atoms with van der Waals surface area (Å²) in [4.78, 5) is 57.4. The molecule has 1 amide bonds. The summed E-state index contributed by atoms with van der Waals surface area (Å²) in [6, 6.07) is 23.6. The maximum Gasteiger partial charge on any atom is 0.351 e. The van der Waals surface area contributed by atoms with Crippen molar-refractivity contribution in [3.05, 3.63) is 120 Å². The molecule has 3 heterocycles. The number of H-pyrrole nitrogens is 2. The van der Waals surface area contributed by atoms with Gasteiger partial charge < -0.3 is 29.6 Å². The van der Waals surface area contributed by atoms with E-state index in [4.69, 9.17) is 19.3 Å². The molecule has 0 saturated carbocycles. The smallest absolute Gasteiger partial charge is 0.351 e. The van der Waals surface area contributed by atoms with Gasteiger partial charge in [-0.15, -0.1) is 0 Å². The van der Waals surface area contributed by atoms with Crippen LogP contribution in [0.1, 0.15) is 122 Å². The number of aromatic nitrogens is 4. The highest BCUT2D eigenvalue weighted by Gasteiger charge is 2.33. The summed E-state index contributed by atoms with van der Waals surface area (Å²) < 4.78 is 10.5. The summed E-state index contributed by atoms with van der Waals surface area (Å²) in [5.41, 5.74) is 6.91. The molecule has 12 nitrogen and oxygen atoms in total. The summed E-state index contributed by atoms with van der Waals surface area (Å²) in [7, 11) is 0. The van der Waals surface area contributed by atoms with Crippen molar-refractivity contribution < 1.29 is 28.7 Å². The molecule has 1 aliphatic rings. The van der Waals surface area contributed by atoms with E-state index in [0.29, 0.717) is 31.1 Å².